The highest BCUT2D eigenvalue weighted by Gasteiger charge is 2.34. The topological polar surface area (TPSA) is 20.2 Å². The first-order valence-corrected chi connectivity index (χ1v) is 9.91. The minimum atomic E-state index is 0.219. The SMILES string of the molecule is CCCCc1cccc(C(C)C(CC)(CC)Cc2cccc(O)c2)c1. The number of aryl methyl sites for hydroxylation is 1. The minimum Gasteiger partial charge on any atom is -0.508 e. The fourth-order valence-electron chi connectivity index (χ4n) is 4.09. The Balaban J connectivity index is 2.28. The summed E-state index contributed by atoms with van der Waals surface area (Å²) < 4.78 is 0. The van der Waals surface area contributed by atoms with Gasteiger partial charge in [-0.1, -0.05) is 70.5 Å². The molecule has 0 aromatic heterocycles. The first kappa shape index (κ1) is 19.6. The Kier molecular flexibility index (Phi) is 7.11. The monoisotopic (exact) mass is 338 g/mol. The maximum Gasteiger partial charge on any atom is 0.115 e. The first-order valence-electron chi connectivity index (χ1n) is 9.91. The summed E-state index contributed by atoms with van der Waals surface area (Å²) >= 11 is 0. The summed E-state index contributed by atoms with van der Waals surface area (Å²) in [5, 5.41) is 9.83. The molecule has 0 fully saturated rings. The third kappa shape index (κ3) is 4.87. The molecule has 0 saturated heterocycles. The van der Waals surface area contributed by atoms with Gasteiger partial charge in [-0.25, -0.2) is 0 Å². The second kappa shape index (κ2) is 9.08. The van der Waals surface area contributed by atoms with E-state index in [1.54, 1.807) is 6.07 Å². The second-order valence-electron chi connectivity index (χ2n) is 7.49. The highest BCUT2D eigenvalue weighted by atomic mass is 16.3. The maximum absolute atomic E-state index is 9.83. The average Bonchev–Trinajstić information content (AvgIpc) is 2.64. The number of phenols is 1. The Morgan fingerprint density at radius 2 is 1.60 bits per heavy atom. The van der Waals surface area contributed by atoms with Crippen molar-refractivity contribution in [1.29, 1.82) is 0 Å². The van der Waals surface area contributed by atoms with E-state index in [0.717, 1.165) is 19.3 Å². The van der Waals surface area contributed by atoms with E-state index in [2.05, 4.69) is 58.0 Å². The molecule has 1 atom stereocenters. The van der Waals surface area contributed by atoms with Gasteiger partial charge in [0.25, 0.3) is 0 Å². The van der Waals surface area contributed by atoms with Crippen LogP contribution >= 0.6 is 0 Å². The number of aromatic hydroxyl groups is 1. The molecular weight excluding hydrogens is 304 g/mol. The highest BCUT2D eigenvalue weighted by Crippen LogP contribution is 2.44. The van der Waals surface area contributed by atoms with Crippen molar-refractivity contribution in [3.8, 4) is 5.75 Å². The smallest absolute Gasteiger partial charge is 0.115 e. The predicted molar refractivity (Wildman–Crippen MR) is 108 cm³/mol. The molecule has 136 valence electrons. The van der Waals surface area contributed by atoms with E-state index in [-0.39, 0.29) is 5.41 Å². The predicted octanol–water partition coefficient (Wildman–Crippen LogP) is 6.89. The van der Waals surface area contributed by atoms with Crippen molar-refractivity contribution in [3.05, 3.63) is 65.2 Å². The summed E-state index contributed by atoms with van der Waals surface area (Å²) in [6, 6.07) is 17.0. The van der Waals surface area contributed by atoms with Crippen LogP contribution in [0, 0.1) is 5.41 Å². The molecule has 0 aliphatic carbocycles. The zero-order valence-corrected chi connectivity index (χ0v) is 16.4. The third-order valence-corrected chi connectivity index (χ3v) is 6.06. The van der Waals surface area contributed by atoms with Crippen LogP contribution in [0.1, 0.15) is 76.0 Å². The van der Waals surface area contributed by atoms with Crippen LogP contribution in [-0.2, 0) is 12.8 Å². The fourth-order valence-corrected chi connectivity index (χ4v) is 4.09. The number of unbranched alkanes of at least 4 members (excludes halogenated alkanes) is 1. The number of phenolic OH excluding ortho intramolecular Hbond substituents is 1. The third-order valence-electron chi connectivity index (χ3n) is 6.06. The first-order chi connectivity index (χ1) is 12.0. The molecule has 0 aliphatic heterocycles. The van der Waals surface area contributed by atoms with Gasteiger partial charge in [0.05, 0.1) is 0 Å². The zero-order chi connectivity index (χ0) is 18.3. The summed E-state index contributed by atoms with van der Waals surface area (Å²) in [7, 11) is 0. The van der Waals surface area contributed by atoms with Crippen LogP contribution in [0.15, 0.2) is 48.5 Å². The molecule has 0 saturated carbocycles. The summed E-state index contributed by atoms with van der Waals surface area (Å²) in [5.41, 5.74) is 4.37. The van der Waals surface area contributed by atoms with Gasteiger partial charge in [-0.05, 0) is 72.3 Å². The number of rotatable bonds is 9. The lowest BCUT2D eigenvalue weighted by Gasteiger charge is -2.39. The van der Waals surface area contributed by atoms with Crippen molar-refractivity contribution in [2.75, 3.05) is 0 Å². The van der Waals surface area contributed by atoms with Crippen molar-refractivity contribution >= 4 is 0 Å². The molecule has 0 aliphatic rings. The van der Waals surface area contributed by atoms with Gasteiger partial charge in [-0.2, -0.15) is 0 Å². The van der Waals surface area contributed by atoms with E-state index in [1.807, 2.05) is 12.1 Å². The number of hydrogen-bond acceptors (Lipinski definition) is 1. The van der Waals surface area contributed by atoms with Crippen molar-refractivity contribution in [1.82, 2.24) is 0 Å². The van der Waals surface area contributed by atoms with Crippen molar-refractivity contribution < 1.29 is 5.11 Å². The zero-order valence-electron chi connectivity index (χ0n) is 16.4. The molecule has 2 aromatic carbocycles. The van der Waals surface area contributed by atoms with Gasteiger partial charge in [0, 0.05) is 0 Å². The van der Waals surface area contributed by atoms with Crippen LogP contribution in [0.25, 0.3) is 0 Å². The summed E-state index contributed by atoms with van der Waals surface area (Å²) in [5.74, 6) is 0.860. The van der Waals surface area contributed by atoms with E-state index in [9.17, 15) is 5.11 Å². The lowest BCUT2D eigenvalue weighted by Crippen LogP contribution is -2.29. The highest BCUT2D eigenvalue weighted by molar-refractivity contribution is 5.31. The average molecular weight is 339 g/mol. The molecule has 1 N–H and O–H groups in total. The van der Waals surface area contributed by atoms with E-state index < -0.39 is 0 Å². The van der Waals surface area contributed by atoms with Crippen molar-refractivity contribution in [2.24, 2.45) is 5.41 Å². The summed E-state index contributed by atoms with van der Waals surface area (Å²) in [6.07, 6.45) is 6.96. The second-order valence-corrected chi connectivity index (χ2v) is 7.49. The van der Waals surface area contributed by atoms with Gasteiger partial charge in [0.15, 0.2) is 0 Å². The van der Waals surface area contributed by atoms with Crippen molar-refractivity contribution in [3.63, 3.8) is 0 Å². The molecular formula is C24H34O. The molecule has 2 aromatic rings. The van der Waals surface area contributed by atoms with Gasteiger partial charge in [0.2, 0.25) is 0 Å². The Bertz CT molecular complexity index is 655. The molecule has 1 unspecified atom stereocenters. The minimum absolute atomic E-state index is 0.219. The van der Waals surface area contributed by atoms with Crippen LogP contribution < -0.4 is 0 Å². The molecule has 0 radical (unpaired) electrons. The summed E-state index contributed by atoms with van der Waals surface area (Å²) in [6.45, 7) is 9.25. The maximum atomic E-state index is 9.83. The van der Waals surface area contributed by atoms with Crippen LogP contribution in [0.5, 0.6) is 5.75 Å². The molecule has 0 spiro atoms. The van der Waals surface area contributed by atoms with Crippen LogP contribution in [0.2, 0.25) is 0 Å². The van der Waals surface area contributed by atoms with E-state index in [0.29, 0.717) is 11.7 Å². The van der Waals surface area contributed by atoms with Crippen LogP contribution in [0.4, 0.5) is 0 Å². The Labute approximate surface area is 154 Å². The van der Waals surface area contributed by atoms with Gasteiger partial charge in [-0.15, -0.1) is 0 Å². The van der Waals surface area contributed by atoms with E-state index in [4.69, 9.17) is 0 Å². The molecule has 25 heavy (non-hydrogen) atoms. The Hall–Kier alpha value is -1.76. The number of hydrogen-bond donors (Lipinski definition) is 1. The van der Waals surface area contributed by atoms with E-state index in [1.165, 1.54) is 36.0 Å². The van der Waals surface area contributed by atoms with Gasteiger partial charge in [-0.3, -0.25) is 0 Å². The lowest BCUT2D eigenvalue weighted by atomic mass is 9.66. The van der Waals surface area contributed by atoms with Gasteiger partial charge >= 0.3 is 0 Å². The molecule has 0 heterocycles. The van der Waals surface area contributed by atoms with Gasteiger partial charge in [0.1, 0.15) is 5.75 Å². The molecule has 1 heteroatoms. The standard InChI is InChI=1S/C24H34O/c1-5-8-11-20-12-9-14-22(16-20)19(4)24(6-2,7-3)18-21-13-10-15-23(25)17-21/h9-10,12-17,19,25H,5-8,11,18H2,1-4H3. The van der Waals surface area contributed by atoms with Crippen LogP contribution in [-0.4, -0.2) is 5.11 Å². The largest absolute Gasteiger partial charge is 0.508 e. The van der Waals surface area contributed by atoms with Crippen LogP contribution in [0.3, 0.4) is 0 Å². The summed E-state index contributed by atoms with van der Waals surface area (Å²) in [4.78, 5) is 0. The number of benzene rings is 2. The van der Waals surface area contributed by atoms with Crippen molar-refractivity contribution in [2.45, 2.75) is 72.1 Å². The molecule has 2 rings (SSSR count). The normalized spacial score (nSPS) is 13.0. The lowest BCUT2D eigenvalue weighted by molar-refractivity contribution is 0.209. The Morgan fingerprint density at radius 1 is 0.920 bits per heavy atom. The fraction of sp³-hybridized carbons (Fsp3) is 0.500. The Morgan fingerprint density at radius 3 is 2.24 bits per heavy atom. The molecule has 0 bridgehead atoms. The quantitative estimate of drug-likeness (QED) is 0.528. The molecule has 1 nitrogen and oxygen atoms in total. The molecule has 0 amide bonds. The van der Waals surface area contributed by atoms with Gasteiger partial charge < -0.3 is 5.11 Å². The van der Waals surface area contributed by atoms with E-state index >= 15 is 0 Å².